The van der Waals surface area contributed by atoms with Crippen LogP contribution in [0.2, 0.25) is 5.02 Å². The number of carbonyl (C=O) groups is 2. The van der Waals surface area contributed by atoms with Crippen molar-refractivity contribution in [3.63, 3.8) is 0 Å². The number of carbonyl (C=O) groups excluding carboxylic acids is 2. The van der Waals surface area contributed by atoms with Gasteiger partial charge in [-0.1, -0.05) is 23.7 Å². The van der Waals surface area contributed by atoms with Crippen LogP contribution in [-0.2, 0) is 11.3 Å². The highest BCUT2D eigenvalue weighted by atomic mass is 35.5. The Morgan fingerprint density at radius 3 is 2.72 bits per heavy atom. The Morgan fingerprint density at radius 2 is 2.00 bits per heavy atom. The van der Waals surface area contributed by atoms with E-state index in [0.717, 1.165) is 5.56 Å². The molecule has 1 aromatic heterocycles. The zero-order valence-electron chi connectivity index (χ0n) is 17.5. The van der Waals surface area contributed by atoms with E-state index < -0.39 is 6.04 Å². The summed E-state index contributed by atoms with van der Waals surface area (Å²) in [5.41, 5.74) is 1.49. The number of rotatable bonds is 7. The fourth-order valence-electron chi connectivity index (χ4n) is 3.66. The summed E-state index contributed by atoms with van der Waals surface area (Å²) < 4.78 is 12.2. The lowest BCUT2D eigenvalue weighted by Gasteiger charge is -2.12. The Morgan fingerprint density at radius 1 is 1.25 bits per heavy atom. The largest absolute Gasteiger partial charge is 0.493 e. The van der Waals surface area contributed by atoms with Gasteiger partial charge in [-0.2, -0.15) is 0 Å². The second-order valence-electron chi connectivity index (χ2n) is 7.28. The molecular weight excluding hydrogens is 452 g/mol. The van der Waals surface area contributed by atoms with Gasteiger partial charge in [0.05, 0.1) is 19.7 Å². The Bertz CT molecular complexity index is 1280. The van der Waals surface area contributed by atoms with Crippen molar-refractivity contribution in [1.29, 1.82) is 0 Å². The monoisotopic (exact) mass is 472 g/mol. The number of amides is 1. The third-order valence-corrected chi connectivity index (χ3v) is 5.77. The SMILES string of the molecule is COc1cc2nc(=S)n3c(c2cc1OC)NC(CCC(=O)NCc1cccc(Cl)c1)C3=O. The van der Waals surface area contributed by atoms with Gasteiger partial charge in [-0.25, -0.2) is 9.55 Å². The van der Waals surface area contributed by atoms with Gasteiger partial charge in [-0.3, -0.25) is 9.59 Å². The van der Waals surface area contributed by atoms with Gasteiger partial charge in [-0.15, -0.1) is 0 Å². The number of hydrogen-bond acceptors (Lipinski definition) is 7. The van der Waals surface area contributed by atoms with E-state index in [1.54, 1.807) is 24.3 Å². The van der Waals surface area contributed by atoms with Crippen molar-refractivity contribution in [3.05, 3.63) is 51.8 Å². The van der Waals surface area contributed by atoms with Crippen LogP contribution in [0, 0.1) is 4.77 Å². The molecule has 3 aromatic rings. The summed E-state index contributed by atoms with van der Waals surface area (Å²) in [5.74, 6) is 1.17. The molecule has 2 N–H and O–H groups in total. The second-order valence-corrected chi connectivity index (χ2v) is 8.08. The van der Waals surface area contributed by atoms with Crippen molar-refractivity contribution in [1.82, 2.24) is 14.9 Å². The molecule has 1 aliphatic rings. The minimum absolute atomic E-state index is 0.144. The number of ether oxygens (including phenoxy) is 2. The molecule has 2 aromatic carbocycles. The molecule has 10 heteroatoms. The van der Waals surface area contributed by atoms with E-state index in [1.165, 1.54) is 18.8 Å². The molecule has 32 heavy (non-hydrogen) atoms. The lowest BCUT2D eigenvalue weighted by Crippen LogP contribution is -2.29. The zero-order valence-corrected chi connectivity index (χ0v) is 19.0. The highest BCUT2D eigenvalue weighted by molar-refractivity contribution is 7.71. The number of anilines is 1. The molecule has 0 saturated carbocycles. The fraction of sp³-hybridized carbons (Fsp3) is 0.273. The molecule has 0 spiro atoms. The molecule has 0 saturated heterocycles. The van der Waals surface area contributed by atoms with Gasteiger partial charge in [0.1, 0.15) is 11.9 Å². The Balaban J connectivity index is 1.48. The lowest BCUT2D eigenvalue weighted by atomic mass is 10.1. The maximum Gasteiger partial charge on any atom is 0.257 e. The van der Waals surface area contributed by atoms with Gasteiger partial charge in [-0.05, 0) is 42.4 Å². The first-order valence-electron chi connectivity index (χ1n) is 9.92. The topological polar surface area (TPSA) is 94.5 Å². The molecule has 8 nitrogen and oxygen atoms in total. The quantitative estimate of drug-likeness (QED) is 0.502. The number of nitrogens with one attached hydrogen (secondary N) is 2. The van der Waals surface area contributed by atoms with E-state index in [4.69, 9.17) is 33.3 Å². The summed E-state index contributed by atoms with van der Waals surface area (Å²) in [6, 6.07) is 10.2. The summed E-state index contributed by atoms with van der Waals surface area (Å²) in [5, 5.41) is 7.35. The lowest BCUT2D eigenvalue weighted by molar-refractivity contribution is -0.121. The Labute approximate surface area is 194 Å². The van der Waals surface area contributed by atoms with Gasteiger partial charge in [0, 0.05) is 29.4 Å². The fourth-order valence-corrected chi connectivity index (χ4v) is 4.15. The minimum Gasteiger partial charge on any atom is -0.493 e. The molecule has 166 valence electrons. The predicted molar refractivity (Wildman–Crippen MR) is 124 cm³/mol. The highest BCUT2D eigenvalue weighted by Gasteiger charge is 2.32. The van der Waals surface area contributed by atoms with Crippen molar-refractivity contribution in [3.8, 4) is 11.5 Å². The summed E-state index contributed by atoms with van der Waals surface area (Å²) in [7, 11) is 3.07. The molecule has 2 heterocycles. The van der Waals surface area contributed by atoms with Crippen LogP contribution in [0.3, 0.4) is 0 Å². The van der Waals surface area contributed by atoms with Crippen LogP contribution in [-0.4, -0.2) is 41.6 Å². The molecule has 1 atom stereocenters. The smallest absolute Gasteiger partial charge is 0.257 e. The van der Waals surface area contributed by atoms with Crippen LogP contribution in [0.5, 0.6) is 11.5 Å². The number of hydrogen-bond donors (Lipinski definition) is 2. The molecule has 1 aliphatic heterocycles. The van der Waals surface area contributed by atoms with Crippen molar-refractivity contribution >= 4 is 52.4 Å². The van der Waals surface area contributed by atoms with Gasteiger partial charge in [0.2, 0.25) is 10.7 Å². The maximum atomic E-state index is 13.0. The van der Waals surface area contributed by atoms with Crippen molar-refractivity contribution in [2.24, 2.45) is 0 Å². The van der Waals surface area contributed by atoms with E-state index >= 15 is 0 Å². The van der Waals surface area contributed by atoms with Crippen LogP contribution < -0.4 is 20.1 Å². The van der Waals surface area contributed by atoms with Crippen LogP contribution in [0.1, 0.15) is 23.2 Å². The van der Waals surface area contributed by atoms with Crippen molar-refractivity contribution in [2.45, 2.75) is 25.4 Å². The van der Waals surface area contributed by atoms with Crippen LogP contribution >= 0.6 is 23.8 Å². The predicted octanol–water partition coefficient (Wildman–Crippen LogP) is 3.97. The average molecular weight is 473 g/mol. The molecule has 0 aliphatic carbocycles. The van der Waals surface area contributed by atoms with Crippen LogP contribution in [0.15, 0.2) is 36.4 Å². The van der Waals surface area contributed by atoms with E-state index in [9.17, 15) is 9.59 Å². The number of nitrogens with zero attached hydrogens (tertiary/aromatic N) is 2. The first kappa shape index (κ1) is 22.0. The van der Waals surface area contributed by atoms with Crippen molar-refractivity contribution < 1.29 is 19.1 Å². The number of methoxy groups -OCH3 is 2. The molecular formula is C22H21ClN4O4S. The Hall–Kier alpha value is -3.17. The van der Waals surface area contributed by atoms with Gasteiger partial charge in [0.25, 0.3) is 5.91 Å². The molecule has 4 rings (SSSR count). The maximum absolute atomic E-state index is 13.0. The first-order chi connectivity index (χ1) is 15.4. The standard InChI is InChI=1S/C22H21ClN4O4S/c1-30-17-9-14-16(10-18(17)31-2)26-22(32)27-20(14)25-15(21(27)29)6-7-19(28)24-11-12-4-3-5-13(23)8-12/h3-5,8-10,15,25H,6-7,11H2,1-2H3,(H,24,28). The van der Waals surface area contributed by atoms with E-state index in [1.807, 2.05) is 12.1 Å². The number of fused-ring (bicyclic) bond motifs is 3. The summed E-state index contributed by atoms with van der Waals surface area (Å²) in [6.45, 7) is 0.368. The average Bonchev–Trinajstić information content (AvgIpc) is 3.12. The number of aromatic nitrogens is 2. The Kier molecular flexibility index (Phi) is 6.29. The molecule has 0 fully saturated rings. The summed E-state index contributed by atoms with van der Waals surface area (Å²) in [4.78, 5) is 29.7. The molecule has 1 amide bonds. The van der Waals surface area contributed by atoms with Gasteiger partial charge < -0.3 is 20.1 Å². The third-order valence-electron chi connectivity index (χ3n) is 5.26. The first-order valence-corrected chi connectivity index (χ1v) is 10.7. The summed E-state index contributed by atoms with van der Waals surface area (Å²) >= 11 is 11.3. The minimum atomic E-state index is -0.589. The van der Waals surface area contributed by atoms with E-state index in [2.05, 4.69) is 15.6 Å². The molecule has 0 radical (unpaired) electrons. The van der Waals surface area contributed by atoms with Crippen LogP contribution in [0.25, 0.3) is 10.9 Å². The van der Waals surface area contributed by atoms with Gasteiger partial charge >= 0.3 is 0 Å². The van der Waals surface area contributed by atoms with Crippen LogP contribution in [0.4, 0.5) is 5.82 Å². The van der Waals surface area contributed by atoms with E-state index in [0.29, 0.717) is 46.2 Å². The second kappa shape index (κ2) is 9.13. The zero-order chi connectivity index (χ0) is 22.8. The normalized spacial score (nSPS) is 14.7. The molecule has 1 unspecified atom stereocenters. The van der Waals surface area contributed by atoms with E-state index in [-0.39, 0.29) is 23.0 Å². The molecule has 0 bridgehead atoms. The number of benzene rings is 2. The van der Waals surface area contributed by atoms with Gasteiger partial charge in [0.15, 0.2) is 11.5 Å². The van der Waals surface area contributed by atoms with Crippen molar-refractivity contribution in [2.75, 3.05) is 19.5 Å². The summed E-state index contributed by atoms with van der Waals surface area (Å²) in [6.07, 6.45) is 0.485. The third kappa shape index (κ3) is 4.26. The highest BCUT2D eigenvalue weighted by Crippen LogP contribution is 2.36. The number of halogens is 1.